The Morgan fingerprint density at radius 3 is 2.36 bits per heavy atom. The van der Waals surface area contributed by atoms with Gasteiger partial charge in [-0.3, -0.25) is 9.89 Å². The second kappa shape index (κ2) is 10.3. The molecule has 5 heteroatoms. The molecule has 2 unspecified atom stereocenters. The molecule has 2 atom stereocenters. The van der Waals surface area contributed by atoms with Crippen molar-refractivity contribution in [2.24, 2.45) is 22.7 Å². The summed E-state index contributed by atoms with van der Waals surface area (Å²) in [4.78, 5) is 7.12. The minimum absolute atomic E-state index is 0. The van der Waals surface area contributed by atoms with E-state index in [1.165, 1.54) is 44.1 Å². The first kappa shape index (κ1) is 21.9. The van der Waals surface area contributed by atoms with Crippen molar-refractivity contribution in [2.45, 2.75) is 64.1 Å². The molecular formula is C23H37IN4. The lowest BCUT2D eigenvalue weighted by Gasteiger charge is -2.38. The van der Waals surface area contributed by atoms with E-state index >= 15 is 0 Å². The second-order valence-corrected chi connectivity index (χ2v) is 8.96. The fourth-order valence-corrected chi connectivity index (χ4v) is 4.77. The molecule has 3 fully saturated rings. The Labute approximate surface area is 188 Å². The number of likely N-dealkylation sites (tertiary alicyclic amines) is 1. The predicted octanol–water partition coefficient (Wildman–Crippen LogP) is 4.26. The summed E-state index contributed by atoms with van der Waals surface area (Å²) in [5, 5.41) is 7.36. The maximum Gasteiger partial charge on any atom is 0.191 e. The third kappa shape index (κ3) is 6.09. The van der Waals surface area contributed by atoms with Crippen LogP contribution in [-0.2, 0) is 6.54 Å². The lowest BCUT2D eigenvalue weighted by atomic mass is 9.97. The predicted molar refractivity (Wildman–Crippen MR) is 128 cm³/mol. The average Bonchev–Trinajstić information content (AvgIpc) is 3.58. The van der Waals surface area contributed by atoms with Crippen molar-refractivity contribution in [3.63, 3.8) is 0 Å². The summed E-state index contributed by atoms with van der Waals surface area (Å²) in [5.74, 6) is 3.87. The minimum atomic E-state index is 0. The first-order valence-electron chi connectivity index (χ1n) is 11.0. The average molecular weight is 496 g/mol. The molecular weight excluding hydrogens is 459 g/mol. The van der Waals surface area contributed by atoms with Gasteiger partial charge in [0.15, 0.2) is 5.96 Å². The number of nitrogens with one attached hydrogen (secondary N) is 2. The number of hydrogen-bond acceptors (Lipinski definition) is 2. The molecule has 1 heterocycles. The number of aliphatic imine (C=N–C) groups is 1. The van der Waals surface area contributed by atoms with Crippen LogP contribution >= 0.6 is 24.0 Å². The van der Waals surface area contributed by atoms with Crippen molar-refractivity contribution >= 4 is 29.9 Å². The van der Waals surface area contributed by atoms with E-state index in [1.807, 2.05) is 7.05 Å². The monoisotopic (exact) mass is 496 g/mol. The smallest absolute Gasteiger partial charge is 0.191 e. The highest BCUT2D eigenvalue weighted by molar-refractivity contribution is 14.0. The van der Waals surface area contributed by atoms with Gasteiger partial charge in [-0.05, 0) is 68.8 Å². The number of benzene rings is 1. The summed E-state index contributed by atoms with van der Waals surface area (Å²) in [6, 6.07) is 12.0. The number of piperidine rings is 1. The molecule has 1 aliphatic heterocycles. The Hall–Kier alpha value is -0.820. The van der Waals surface area contributed by atoms with Gasteiger partial charge < -0.3 is 10.6 Å². The Balaban J connectivity index is 0.00000225. The van der Waals surface area contributed by atoms with Crippen molar-refractivity contribution in [2.75, 3.05) is 20.1 Å². The highest BCUT2D eigenvalue weighted by atomic mass is 127. The van der Waals surface area contributed by atoms with Gasteiger partial charge in [-0.15, -0.1) is 24.0 Å². The molecule has 0 amide bonds. The molecule has 1 aromatic carbocycles. The van der Waals surface area contributed by atoms with Crippen molar-refractivity contribution in [3.05, 3.63) is 35.9 Å². The van der Waals surface area contributed by atoms with E-state index in [9.17, 15) is 0 Å². The molecule has 4 rings (SSSR count). The van der Waals surface area contributed by atoms with Crippen LogP contribution in [0.4, 0.5) is 0 Å². The van der Waals surface area contributed by atoms with E-state index < -0.39 is 0 Å². The fraction of sp³-hybridized carbons (Fsp3) is 0.696. The number of guanidine groups is 1. The van der Waals surface area contributed by atoms with Crippen LogP contribution in [0.5, 0.6) is 0 Å². The van der Waals surface area contributed by atoms with Crippen LogP contribution in [0.1, 0.15) is 51.0 Å². The highest BCUT2D eigenvalue weighted by Gasteiger charge is 2.41. The molecule has 2 saturated carbocycles. The van der Waals surface area contributed by atoms with Crippen LogP contribution in [0, 0.1) is 17.8 Å². The van der Waals surface area contributed by atoms with Crippen LogP contribution < -0.4 is 10.6 Å². The Morgan fingerprint density at radius 2 is 1.79 bits per heavy atom. The Kier molecular flexibility index (Phi) is 8.03. The van der Waals surface area contributed by atoms with Crippen molar-refractivity contribution in [3.8, 4) is 0 Å². The van der Waals surface area contributed by atoms with E-state index in [4.69, 9.17) is 0 Å². The first-order chi connectivity index (χ1) is 13.2. The van der Waals surface area contributed by atoms with Crippen LogP contribution in [-0.4, -0.2) is 43.1 Å². The number of nitrogens with zero attached hydrogens (tertiary/aromatic N) is 2. The summed E-state index contributed by atoms with van der Waals surface area (Å²) >= 11 is 0. The van der Waals surface area contributed by atoms with Gasteiger partial charge >= 0.3 is 0 Å². The van der Waals surface area contributed by atoms with Gasteiger partial charge in [-0.25, -0.2) is 0 Å². The van der Waals surface area contributed by atoms with Gasteiger partial charge in [-0.1, -0.05) is 30.3 Å². The first-order valence-corrected chi connectivity index (χ1v) is 11.0. The SMILES string of the molecule is CN=C(NCC(C1CC1)C1CC1)NC1CCN(Cc2ccccc2)C(C)C1.I. The maximum atomic E-state index is 4.51. The summed E-state index contributed by atoms with van der Waals surface area (Å²) in [6.07, 6.45) is 8.17. The molecule has 1 saturated heterocycles. The quantitative estimate of drug-likeness (QED) is 0.337. The standard InChI is InChI=1S/C23H36N4.HI/c1-17-14-21(12-13-27(17)16-18-6-4-3-5-7-18)26-23(24-2)25-15-22(19-8-9-19)20-10-11-20;/h3-7,17,19-22H,8-16H2,1-2H3,(H2,24,25,26);1H. The largest absolute Gasteiger partial charge is 0.356 e. The molecule has 2 N–H and O–H groups in total. The molecule has 2 aliphatic carbocycles. The highest BCUT2D eigenvalue weighted by Crippen LogP contribution is 2.48. The lowest BCUT2D eigenvalue weighted by Crippen LogP contribution is -2.51. The number of rotatable bonds is 7. The molecule has 3 aliphatic rings. The van der Waals surface area contributed by atoms with Gasteiger partial charge in [0.25, 0.3) is 0 Å². The van der Waals surface area contributed by atoms with Crippen molar-refractivity contribution in [1.82, 2.24) is 15.5 Å². The van der Waals surface area contributed by atoms with Gasteiger partial charge in [0.05, 0.1) is 0 Å². The van der Waals surface area contributed by atoms with Crippen molar-refractivity contribution < 1.29 is 0 Å². The molecule has 4 nitrogen and oxygen atoms in total. The zero-order valence-electron chi connectivity index (χ0n) is 17.4. The Bertz CT molecular complexity index is 615. The van der Waals surface area contributed by atoms with E-state index in [-0.39, 0.29) is 24.0 Å². The van der Waals surface area contributed by atoms with Gasteiger partial charge in [0, 0.05) is 38.8 Å². The topological polar surface area (TPSA) is 39.7 Å². The van der Waals surface area contributed by atoms with E-state index in [0.29, 0.717) is 12.1 Å². The molecule has 0 spiro atoms. The third-order valence-electron chi connectivity index (χ3n) is 6.77. The van der Waals surface area contributed by atoms with E-state index in [0.717, 1.165) is 43.3 Å². The lowest BCUT2D eigenvalue weighted by molar-refractivity contribution is 0.134. The molecule has 1 aromatic rings. The zero-order valence-corrected chi connectivity index (χ0v) is 19.8. The molecule has 0 radical (unpaired) electrons. The third-order valence-corrected chi connectivity index (χ3v) is 6.77. The van der Waals surface area contributed by atoms with Crippen LogP contribution in [0.3, 0.4) is 0 Å². The van der Waals surface area contributed by atoms with Gasteiger partial charge in [-0.2, -0.15) is 0 Å². The summed E-state index contributed by atoms with van der Waals surface area (Å²) < 4.78 is 0. The molecule has 0 bridgehead atoms. The summed E-state index contributed by atoms with van der Waals surface area (Å²) in [7, 11) is 1.91. The van der Waals surface area contributed by atoms with Crippen LogP contribution in [0.15, 0.2) is 35.3 Å². The minimum Gasteiger partial charge on any atom is -0.356 e. The molecule has 156 valence electrons. The fourth-order valence-electron chi connectivity index (χ4n) is 4.77. The summed E-state index contributed by atoms with van der Waals surface area (Å²) in [5.41, 5.74) is 1.42. The Morgan fingerprint density at radius 1 is 1.11 bits per heavy atom. The zero-order chi connectivity index (χ0) is 18.6. The van der Waals surface area contributed by atoms with Crippen molar-refractivity contribution in [1.29, 1.82) is 0 Å². The number of hydrogen-bond donors (Lipinski definition) is 2. The summed E-state index contributed by atoms with van der Waals surface area (Å²) in [6.45, 7) is 5.68. The maximum absolute atomic E-state index is 4.51. The second-order valence-electron chi connectivity index (χ2n) is 8.96. The molecule has 0 aromatic heterocycles. The van der Waals surface area contributed by atoms with Gasteiger partial charge in [0.2, 0.25) is 0 Å². The molecule has 28 heavy (non-hydrogen) atoms. The van der Waals surface area contributed by atoms with Gasteiger partial charge in [0.1, 0.15) is 0 Å². The van der Waals surface area contributed by atoms with E-state index in [2.05, 4.69) is 57.8 Å². The van der Waals surface area contributed by atoms with E-state index in [1.54, 1.807) is 0 Å². The number of halogens is 1. The van der Waals surface area contributed by atoms with Crippen LogP contribution in [0.2, 0.25) is 0 Å². The normalized spacial score (nSPS) is 26.0. The van der Waals surface area contributed by atoms with Crippen LogP contribution in [0.25, 0.3) is 0 Å².